The van der Waals surface area contributed by atoms with Gasteiger partial charge < -0.3 is 20.3 Å². The van der Waals surface area contributed by atoms with E-state index >= 15 is 0 Å². The molecule has 3 heterocycles. The van der Waals surface area contributed by atoms with E-state index in [9.17, 15) is 4.79 Å². The fourth-order valence-corrected chi connectivity index (χ4v) is 5.95. The maximum atomic E-state index is 11.6. The standard InChI is InChI=1S/C25H29N5O2S2/c1-32-19-3-4-20-21(13-19)29-25(15-27-20)33-11-10-30-8-6-18(7-9-30)26-14-17-2-5-23-22(12-17)28-24(31)16-34-23/h2-5,12-13,15,18,26H,6-11,14,16H2,1H3,(H,28,31). The first-order chi connectivity index (χ1) is 16.7. The van der Waals surface area contributed by atoms with Gasteiger partial charge in [0.25, 0.3) is 0 Å². The van der Waals surface area contributed by atoms with Crippen molar-refractivity contribution in [3.63, 3.8) is 0 Å². The molecule has 0 bridgehead atoms. The molecule has 9 heteroatoms. The van der Waals surface area contributed by atoms with Crippen molar-refractivity contribution in [2.24, 2.45) is 0 Å². The normalized spacial score (nSPS) is 16.9. The SMILES string of the molecule is COc1ccc2ncc(SCCN3CCC(NCc4ccc5c(c4)NC(=O)CS5)CC3)nc2c1. The molecule has 178 valence electrons. The lowest BCUT2D eigenvalue weighted by molar-refractivity contribution is -0.113. The Morgan fingerprint density at radius 1 is 1.21 bits per heavy atom. The van der Waals surface area contributed by atoms with Crippen LogP contribution >= 0.6 is 23.5 Å². The summed E-state index contributed by atoms with van der Waals surface area (Å²) in [4.78, 5) is 24.6. The third kappa shape index (κ3) is 5.83. The molecule has 0 unspecified atom stereocenters. The van der Waals surface area contributed by atoms with Crippen LogP contribution in [0.1, 0.15) is 18.4 Å². The first-order valence-electron chi connectivity index (χ1n) is 11.6. The molecule has 5 rings (SSSR count). The number of benzene rings is 2. The number of fused-ring (bicyclic) bond motifs is 2. The fourth-order valence-electron chi connectivity index (χ4n) is 4.31. The van der Waals surface area contributed by atoms with Gasteiger partial charge in [0.1, 0.15) is 10.8 Å². The number of likely N-dealkylation sites (tertiary alicyclic amines) is 1. The minimum Gasteiger partial charge on any atom is -0.497 e. The Hall–Kier alpha value is -2.33. The average Bonchev–Trinajstić information content (AvgIpc) is 2.87. The lowest BCUT2D eigenvalue weighted by Gasteiger charge is -2.32. The van der Waals surface area contributed by atoms with Gasteiger partial charge in [0.05, 0.1) is 35.8 Å². The van der Waals surface area contributed by atoms with E-state index in [2.05, 4.69) is 38.7 Å². The second-order valence-corrected chi connectivity index (χ2v) is 10.7. The van der Waals surface area contributed by atoms with Crippen LogP contribution < -0.4 is 15.4 Å². The number of carbonyl (C=O) groups excluding carboxylic acids is 1. The monoisotopic (exact) mass is 495 g/mol. The second kappa shape index (κ2) is 10.9. The molecule has 2 N–H and O–H groups in total. The molecule has 0 atom stereocenters. The minimum absolute atomic E-state index is 0.0843. The van der Waals surface area contributed by atoms with Gasteiger partial charge in [0.2, 0.25) is 5.91 Å². The van der Waals surface area contributed by atoms with Gasteiger partial charge in [-0.3, -0.25) is 9.78 Å². The van der Waals surface area contributed by atoms with Gasteiger partial charge in [-0.15, -0.1) is 23.5 Å². The van der Waals surface area contributed by atoms with Crippen LogP contribution in [0, 0.1) is 0 Å². The van der Waals surface area contributed by atoms with Crippen LogP contribution in [-0.4, -0.2) is 65.1 Å². The molecule has 0 spiro atoms. The smallest absolute Gasteiger partial charge is 0.234 e. The average molecular weight is 496 g/mol. The summed E-state index contributed by atoms with van der Waals surface area (Å²) in [5.74, 6) is 2.40. The van der Waals surface area contributed by atoms with Crippen LogP contribution in [0.3, 0.4) is 0 Å². The predicted molar refractivity (Wildman–Crippen MR) is 139 cm³/mol. The van der Waals surface area contributed by atoms with Gasteiger partial charge in [-0.2, -0.15) is 0 Å². The van der Waals surface area contributed by atoms with Gasteiger partial charge in [0, 0.05) is 35.8 Å². The molecule has 0 saturated carbocycles. The molecular weight excluding hydrogens is 466 g/mol. The number of ether oxygens (including phenoxy) is 1. The number of rotatable bonds is 8. The summed E-state index contributed by atoms with van der Waals surface area (Å²) in [5, 5.41) is 7.64. The molecular formula is C25H29N5O2S2. The molecule has 2 aliphatic rings. The van der Waals surface area contributed by atoms with Gasteiger partial charge >= 0.3 is 0 Å². The Morgan fingerprint density at radius 3 is 2.94 bits per heavy atom. The van der Waals surface area contributed by atoms with E-state index in [1.807, 2.05) is 24.4 Å². The van der Waals surface area contributed by atoms with Crippen LogP contribution in [0.5, 0.6) is 5.75 Å². The number of methoxy groups -OCH3 is 1. The molecule has 0 radical (unpaired) electrons. The Balaban J connectivity index is 1.04. The number of nitrogens with one attached hydrogen (secondary N) is 2. The summed E-state index contributed by atoms with van der Waals surface area (Å²) >= 11 is 3.37. The lowest BCUT2D eigenvalue weighted by Crippen LogP contribution is -2.42. The maximum absolute atomic E-state index is 11.6. The highest BCUT2D eigenvalue weighted by Gasteiger charge is 2.19. The summed E-state index contributed by atoms with van der Waals surface area (Å²) in [5.41, 5.74) is 3.92. The van der Waals surface area contributed by atoms with Crippen molar-refractivity contribution in [1.29, 1.82) is 0 Å². The van der Waals surface area contributed by atoms with Crippen LogP contribution in [-0.2, 0) is 11.3 Å². The Bertz CT molecular complexity index is 1170. The third-order valence-corrected chi connectivity index (χ3v) is 8.20. The number of carbonyl (C=O) groups is 1. The van der Waals surface area contributed by atoms with Gasteiger partial charge in [0.15, 0.2) is 0 Å². The number of anilines is 1. The number of piperidine rings is 1. The van der Waals surface area contributed by atoms with Crippen LogP contribution in [0.2, 0.25) is 0 Å². The number of amides is 1. The quantitative estimate of drug-likeness (QED) is 0.454. The highest BCUT2D eigenvalue weighted by Crippen LogP contribution is 2.32. The van der Waals surface area contributed by atoms with Crippen LogP contribution in [0.15, 0.2) is 52.5 Å². The number of hydrogen-bond donors (Lipinski definition) is 2. The fraction of sp³-hybridized carbons (Fsp3) is 0.400. The topological polar surface area (TPSA) is 79.4 Å². The number of aromatic nitrogens is 2. The van der Waals surface area contributed by atoms with E-state index in [0.717, 1.165) is 77.2 Å². The number of thioether (sulfide) groups is 2. The summed E-state index contributed by atoms with van der Waals surface area (Å²) in [6.45, 7) is 4.10. The van der Waals surface area contributed by atoms with Crippen molar-refractivity contribution in [3.05, 3.63) is 48.2 Å². The molecule has 2 aliphatic heterocycles. The van der Waals surface area contributed by atoms with Gasteiger partial charge in [-0.05, 0) is 55.8 Å². The van der Waals surface area contributed by atoms with E-state index < -0.39 is 0 Å². The number of nitrogens with zero attached hydrogens (tertiary/aromatic N) is 3. The van der Waals surface area contributed by atoms with E-state index in [1.54, 1.807) is 30.6 Å². The van der Waals surface area contributed by atoms with E-state index in [1.165, 1.54) is 5.56 Å². The third-order valence-electron chi connectivity index (χ3n) is 6.24. The molecule has 3 aromatic rings. The summed E-state index contributed by atoms with van der Waals surface area (Å²) in [7, 11) is 1.67. The van der Waals surface area contributed by atoms with Crippen molar-refractivity contribution in [2.45, 2.75) is 35.3 Å². The predicted octanol–water partition coefficient (Wildman–Crippen LogP) is 4.03. The highest BCUT2D eigenvalue weighted by atomic mass is 32.2. The molecule has 0 aliphatic carbocycles. The zero-order valence-corrected chi connectivity index (χ0v) is 20.9. The van der Waals surface area contributed by atoms with Crippen LogP contribution in [0.25, 0.3) is 11.0 Å². The summed E-state index contributed by atoms with van der Waals surface area (Å²) in [6.07, 6.45) is 4.16. The molecule has 1 amide bonds. The highest BCUT2D eigenvalue weighted by molar-refractivity contribution is 8.00. The molecule has 34 heavy (non-hydrogen) atoms. The van der Waals surface area contributed by atoms with Crippen molar-refractivity contribution >= 4 is 46.2 Å². The molecule has 7 nitrogen and oxygen atoms in total. The molecule has 1 saturated heterocycles. The lowest BCUT2D eigenvalue weighted by atomic mass is 10.0. The van der Waals surface area contributed by atoms with E-state index in [4.69, 9.17) is 9.72 Å². The molecule has 2 aromatic carbocycles. The van der Waals surface area contributed by atoms with Gasteiger partial charge in [-0.25, -0.2) is 4.98 Å². The first kappa shape index (κ1) is 23.4. The summed E-state index contributed by atoms with van der Waals surface area (Å²) in [6, 6.07) is 12.7. The van der Waals surface area contributed by atoms with E-state index in [0.29, 0.717) is 11.8 Å². The molecule has 1 fully saturated rings. The first-order valence-corrected chi connectivity index (χ1v) is 13.6. The van der Waals surface area contributed by atoms with Crippen molar-refractivity contribution in [3.8, 4) is 5.75 Å². The Morgan fingerprint density at radius 2 is 2.09 bits per heavy atom. The molecule has 1 aromatic heterocycles. The maximum Gasteiger partial charge on any atom is 0.234 e. The Labute approximate surface area is 208 Å². The Kier molecular flexibility index (Phi) is 7.54. The largest absolute Gasteiger partial charge is 0.497 e. The van der Waals surface area contributed by atoms with Gasteiger partial charge in [-0.1, -0.05) is 6.07 Å². The second-order valence-electron chi connectivity index (χ2n) is 8.58. The zero-order chi connectivity index (χ0) is 23.3. The van der Waals surface area contributed by atoms with Crippen LogP contribution in [0.4, 0.5) is 5.69 Å². The number of hydrogen-bond acceptors (Lipinski definition) is 8. The van der Waals surface area contributed by atoms with Crippen molar-refractivity contribution in [1.82, 2.24) is 20.2 Å². The van der Waals surface area contributed by atoms with Crippen molar-refractivity contribution < 1.29 is 9.53 Å². The zero-order valence-electron chi connectivity index (χ0n) is 19.3. The summed E-state index contributed by atoms with van der Waals surface area (Å²) < 4.78 is 5.30. The van der Waals surface area contributed by atoms with Crippen molar-refractivity contribution in [2.75, 3.05) is 43.6 Å². The van der Waals surface area contributed by atoms with E-state index in [-0.39, 0.29) is 5.91 Å². The minimum atomic E-state index is 0.0843.